The highest BCUT2D eigenvalue weighted by Gasteiger charge is 2.19. The molecule has 0 saturated heterocycles. The number of para-hydroxylation sites is 3. The molecular weight excluding hydrogens is 462 g/mol. The number of hydrogen-bond donors (Lipinski definition) is 1. The summed E-state index contributed by atoms with van der Waals surface area (Å²) >= 11 is 0. The molecule has 0 aliphatic rings. The maximum Gasteiger partial charge on any atom is 0.351 e. The molecule has 1 N–H and O–H groups in total. The maximum atomic E-state index is 13.3. The average Bonchev–Trinajstić information content (AvgIpc) is 3.21. The van der Waals surface area contributed by atoms with Gasteiger partial charge in [-0.1, -0.05) is 36.4 Å². The van der Waals surface area contributed by atoms with Crippen LogP contribution in [0.3, 0.4) is 0 Å². The molecule has 0 bridgehead atoms. The normalized spacial score (nSPS) is 10.9. The molecule has 0 aliphatic heterocycles. The number of nitrogens with zero attached hydrogens (tertiary/aromatic N) is 4. The number of anilines is 1. The molecule has 0 fully saturated rings. The Kier molecular flexibility index (Phi) is 6.14. The van der Waals surface area contributed by atoms with Crippen molar-refractivity contribution in [2.45, 2.75) is 13.5 Å². The zero-order valence-electron chi connectivity index (χ0n) is 19.2. The number of fused-ring (bicyclic) bond motifs is 3. The van der Waals surface area contributed by atoms with Gasteiger partial charge in [0.2, 0.25) is 11.6 Å². The van der Waals surface area contributed by atoms with Crippen molar-refractivity contribution in [1.29, 1.82) is 0 Å². The van der Waals surface area contributed by atoms with Gasteiger partial charge in [0.25, 0.3) is 5.88 Å². The topological polar surface area (TPSA) is 117 Å². The molecule has 0 aliphatic carbocycles. The molecule has 180 valence electrons. The molecule has 0 atom stereocenters. The standard InChI is InChI=1S/C26H21N5O5/c1-2-35-25(33)17-9-8-10-18(15-17)27-22(32)16-30-26(34)31-21-14-7-6-13-20(21)28-24(23(31)29-30)36-19-11-4-3-5-12-19/h3-15H,2,16H2,1H3,(H,27,32). The zero-order chi connectivity index (χ0) is 25.1. The Labute approximate surface area is 204 Å². The molecule has 10 nitrogen and oxygen atoms in total. The fourth-order valence-electron chi connectivity index (χ4n) is 3.72. The van der Waals surface area contributed by atoms with Crippen LogP contribution in [-0.2, 0) is 16.1 Å². The van der Waals surface area contributed by atoms with Crippen molar-refractivity contribution in [3.63, 3.8) is 0 Å². The third-order valence-electron chi connectivity index (χ3n) is 5.28. The Balaban J connectivity index is 1.48. The van der Waals surface area contributed by atoms with E-state index in [-0.39, 0.29) is 24.7 Å². The van der Waals surface area contributed by atoms with Crippen LogP contribution in [-0.4, -0.2) is 37.6 Å². The van der Waals surface area contributed by atoms with E-state index in [4.69, 9.17) is 9.47 Å². The van der Waals surface area contributed by atoms with Crippen LogP contribution in [0.5, 0.6) is 11.6 Å². The summed E-state index contributed by atoms with van der Waals surface area (Å²) in [6, 6.07) is 22.5. The van der Waals surface area contributed by atoms with Crippen LogP contribution in [0, 0.1) is 0 Å². The number of benzene rings is 3. The van der Waals surface area contributed by atoms with E-state index >= 15 is 0 Å². The van der Waals surface area contributed by atoms with Gasteiger partial charge in [0.1, 0.15) is 12.3 Å². The second kappa shape index (κ2) is 9.71. The molecule has 5 rings (SSSR count). The summed E-state index contributed by atoms with van der Waals surface area (Å²) in [5, 5.41) is 7.04. The Hall–Kier alpha value is -4.99. The third-order valence-corrected chi connectivity index (χ3v) is 5.28. The number of carbonyl (C=O) groups is 2. The van der Waals surface area contributed by atoms with E-state index < -0.39 is 17.6 Å². The molecule has 3 aromatic carbocycles. The second-order valence-corrected chi connectivity index (χ2v) is 7.77. The fraction of sp³-hybridized carbons (Fsp3) is 0.115. The van der Waals surface area contributed by atoms with Crippen molar-refractivity contribution in [3.8, 4) is 11.6 Å². The van der Waals surface area contributed by atoms with E-state index in [0.717, 1.165) is 4.68 Å². The van der Waals surface area contributed by atoms with Crippen LogP contribution in [0.1, 0.15) is 17.3 Å². The lowest BCUT2D eigenvalue weighted by Crippen LogP contribution is -2.28. The molecule has 36 heavy (non-hydrogen) atoms. The van der Waals surface area contributed by atoms with Crippen molar-refractivity contribution in [3.05, 3.63) is 94.9 Å². The summed E-state index contributed by atoms with van der Waals surface area (Å²) in [7, 11) is 0. The molecule has 2 heterocycles. The fourth-order valence-corrected chi connectivity index (χ4v) is 3.72. The Morgan fingerprint density at radius 2 is 1.75 bits per heavy atom. The Morgan fingerprint density at radius 1 is 0.972 bits per heavy atom. The third kappa shape index (κ3) is 4.51. The first-order valence-corrected chi connectivity index (χ1v) is 11.2. The van der Waals surface area contributed by atoms with E-state index in [2.05, 4.69) is 15.4 Å². The smallest absolute Gasteiger partial charge is 0.351 e. The Bertz CT molecular complexity index is 1640. The SMILES string of the molecule is CCOC(=O)c1cccc(NC(=O)Cn2nc3c(Oc4ccccc4)nc4ccccc4n3c2=O)c1. The molecule has 0 unspecified atom stereocenters. The van der Waals surface area contributed by atoms with E-state index in [0.29, 0.717) is 28.0 Å². The number of amides is 1. The van der Waals surface area contributed by atoms with Crippen molar-refractivity contribution in [1.82, 2.24) is 19.2 Å². The van der Waals surface area contributed by atoms with E-state index in [1.54, 1.807) is 61.5 Å². The van der Waals surface area contributed by atoms with Crippen molar-refractivity contribution in [2.75, 3.05) is 11.9 Å². The van der Waals surface area contributed by atoms with Gasteiger partial charge >= 0.3 is 11.7 Å². The molecule has 10 heteroatoms. The number of esters is 1. The lowest BCUT2D eigenvalue weighted by Gasteiger charge is -2.07. The van der Waals surface area contributed by atoms with Crippen LogP contribution < -0.4 is 15.7 Å². The monoisotopic (exact) mass is 483 g/mol. The highest BCUT2D eigenvalue weighted by atomic mass is 16.5. The minimum absolute atomic E-state index is 0.137. The van der Waals surface area contributed by atoms with Gasteiger partial charge in [-0.05, 0) is 49.4 Å². The number of rotatable bonds is 7. The average molecular weight is 483 g/mol. The molecule has 0 radical (unpaired) electrons. The lowest BCUT2D eigenvalue weighted by molar-refractivity contribution is -0.117. The summed E-state index contributed by atoms with van der Waals surface area (Å²) < 4.78 is 13.3. The van der Waals surface area contributed by atoms with Crippen LogP contribution in [0.2, 0.25) is 0 Å². The highest BCUT2D eigenvalue weighted by Crippen LogP contribution is 2.25. The molecular formula is C26H21N5O5. The molecule has 5 aromatic rings. The number of aromatic nitrogens is 4. The molecule has 2 aromatic heterocycles. The van der Waals surface area contributed by atoms with Gasteiger partial charge in [0, 0.05) is 5.69 Å². The lowest BCUT2D eigenvalue weighted by atomic mass is 10.2. The quantitative estimate of drug-likeness (QED) is 0.351. The van der Waals surface area contributed by atoms with Crippen LogP contribution in [0.25, 0.3) is 16.7 Å². The summed E-state index contributed by atoms with van der Waals surface area (Å²) in [5.74, 6) is -0.318. The number of ether oxygens (including phenoxy) is 2. The minimum Gasteiger partial charge on any atom is -0.462 e. The first-order valence-electron chi connectivity index (χ1n) is 11.2. The molecule has 0 spiro atoms. The summed E-state index contributed by atoms with van der Waals surface area (Å²) in [6.45, 7) is 1.60. The molecule has 1 amide bonds. The van der Waals surface area contributed by atoms with Gasteiger partial charge in [-0.25, -0.2) is 23.7 Å². The maximum absolute atomic E-state index is 13.3. The molecule has 0 saturated carbocycles. The summed E-state index contributed by atoms with van der Waals surface area (Å²) in [5.41, 5.74) is 1.43. The van der Waals surface area contributed by atoms with Gasteiger partial charge in [0.15, 0.2) is 0 Å². The van der Waals surface area contributed by atoms with Crippen molar-refractivity contribution >= 4 is 34.2 Å². The van der Waals surface area contributed by atoms with Crippen molar-refractivity contribution in [2.24, 2.45) is 0 Å². The zero-order valence-corrected chi connectivity index (χ0v) is 19.2. The first kappa shape index (κ1) is 22.8. The van der Waals surface area contributed by atoms with Crippen LogP contribution in [0.4, 0.5) is 5.69 Å². The number of nitrogens with one attached hydrogen (secondary N) is 1. The largest absolute Gasteiger partial charge is 0.462 e. The predicted octanol–water partition coefficient (Wildman–Crippen LogP) is 3.65. The highest BCUT2D eigenvalue weighted by molar-refractivity contribution is 5.94. The van der Waals surface area contributed by atoms with E-state index in [1.807, 2.05) is 18.2 Å². The number of hydrogen-bond acceptors (Lipinski definition) is 7. The van der Waals surface area contributed by atoms with E-state index in [9.17, 15) is 14.4 Å². The van der Waals surface area contributed by atoms with Gasteiger partial charge < -0.3 is 14.8 Å². The van der Waals surface area contributed by atoms with E-state index in [1.165, 1.54) is 10.5 Å². The summed E-state index contributed by atoms with van der Waals surface area (Å²) in [4.78, 5) is 42.6. The minimum atomic E-state index is -0.517. The van der Waals surface area contributed by atoms with Gasteiger partial charge in [-0.2, -0.15) is 0 Å². The Morgan fingerprint density at radius 3 is 2.56 bits per heavy atom. The van der Waals surface area contributed by atoms with Crippen molar-refractivity contribution < 1.29 is 19.1 Å². The van der Waals surface area contributed by atoms with Crippen LogP contribution >= 0.6 is 0 Å². The van der Waals surface area contributed by atoms with Crippen LogP contribution in [0.15, 0.2) is 83.7 Å². The predicted molar refractivity (Wildman–Crippen MR) is 132 cm³/mol. The van der Waals surface area contributed by atoms with Gasteiger partial charge in [-0.3, -0.25) is 4.79 Å². The van der Waals surface area contributed by atoms with Gasteiger partial charge in [-0.15, -0.1) is 5.10 Å². The first-order chi connectivity index (χ1) is 17.5. The number of carbonyl (C=O) groups excluding carboxylic acids is 2. The van der Waals surface area contributed by atoms with Gasteiger partial charge in [0.05, 0.1) is 23.2 Å². The summed E-state index contributed by atoms with van der Waals surface area (Å²) in [6.07, 6.45) is 0. The second-order valence-electron chi connectivity index (χ2n) is 7.77.